The van der Waals surface area contributed by atoms with Crippen LogP contribution in [0.15, 0.2) is 42.6 Å². The van der Waals surface area contributed by atoms with E-state index in [2.05, 4.69) is 17.2 Å². The van der Waals surface area contributed by atoms with Gasteiger partial charge in [-0.15, -0.1) is 0 Å². The van der Waals surface area contributed by atoms with E-state index in [0.29, 0.717) is 0 Å². The Morgan fingerprint density at radius 1 is 1.21 bits per heavy atom. The average molecular weight is 327 g/mol. The number of nitrogens with zero attached hydrogens (tertiary/aromatic N) is 3. The number of aromatic nitrogens is 2. The highest BCUT2D eigenvalue weighted by Gasteiger charge is 2.31. The molecule has 1 aliphatic rings. The van der Waals surface area contributed by atoms with Crippen molar-refractivity contribution in [3.63, 3.8) is 0 Å². The molecular weight excluding hydrogens is 306 g/mol. The van der Waals surface area contributed by atoms with E-state index >= 15 is 0 Å². The molecule has 2 heterocycles. The molecule has 6 heteroatoms. The van der Waals surface area contributed by atoms with E-state index in [-0.39, 0.29) is 17.6 Å². The molecule has 0 bridgehead atoms. The molecule has 2 atom stereocenters. The zero-order valence-electron chi connectivity index (χ0n) is 13.6. The zero-order chi connectivity index (χ0) is 17.1. The highest BCUT2D eigenvalue weighted by Crippen LogP contribution is 2.32. The lowest BCUT2D eigenvalue weighted by molar-refractivity contribution is -0.138. The van der Waals surface area contributed by atoms with Gasteiger partial charge >= 0.3 is 5.97 Å². The molecule has 2 aromatic rings. The highest BCUT2D eigenvalue weighted by atomic mass is 16.4. The predicted molar refractivity (Wildman–Crippen MR) is 88.6 cm³/mol. The van der Waals surface area contributed by atoms with E-state index < -0.39 is 12.0 Å². The normalized spacial score (nSPS) is 19.0. The van der Waals surface area contributed by atoms with Gasteiger partial charge in [-0.05, 0) is 37.8 Å². The van der Waals surface area contributed by atoms with Crippen LogP contribution in [0.2, 0.25) is 0 Å². The minimum atomic E-state index is -1.09. The van der Waals surface area contributed by atoms with Crippen molar-refractivity contribution < 1.29 is 14.7 Å². The van der Waals surface area contributed by atoms with Gasteiger partial charge in [0.2, 0.25) is 5.91 Å². The van der Waals surface area contributed by atoms with Crippen molar-refractivity contribution in [2.24, 2.45) is 0 Å². The molecule has 1 aromatic carbocycles. The molecule has 24 heavy (non-hydrogen) atoms. The molecule has 0 aliphatic carbocycles. The van der Waals surface area contributed by atoms with Crippen LogP contribution in [0.5, 0.6) is 0 Å². The lowest BCUT2D eigenvalue weighted by Gasteiger charge is -2.37. The standard InChI is InChI=1S/C18H21N3O3/c1-13(21-12-10-15(19-21)18(23)24)17(22)20-11-6-5-9-16(20)14-7-3-2-4-8-14/h2-4,7-8,10,12-13,16H,5-6,9,11H2,1H3,(H,23,24). The van der Waals surface area contributed by atoms with Gasteiger partial charge in [0, 0.05) is 12.7 Å². The Hall–Kier alpha value is -2.63. The van der Waals surface area contributed by atoms with Crippen molar-refractivity contribution in [1.82, 2.24) is 14.7 Å². The first-order valence-electron chi connectivity index (χ1n) is 8.22. The third-order valence-corrected chi connectivity index (χ3v) is 4.55. The third-order valence-electron chi connectivity index (χ3n) is 4.55. The van der Waals surface area contributed by atoms with Gasteiger partial charge in [0.05, 0.1) is 6.04 Å². The summed E-state index contributed by atoms with van der Waals surface area (Å²) in [6, 6.07) is 11.0. The molecule has 126 valence electrons. The predicted octanol–water partition coefficient (Wildman–Crippen LogP) is 2.90. The molecule has 1 aliphatic heterocycles. The van der Waals surface area contributed by atoms with Crippen molar-refractivity contribution in [3.05, 3.63) is 53.9 Å². The van der Waals surface area contributed by atoms with Crippen molar-refractivity contribution in [1.29, 1.82) is 0 Å². The SMILES string of the molecule is CC(C(=O)N1CCCCC1c1ccccc1)n1ccc(C(=O)O)n1. The van der Waals surface area contributed by atoms with E-state index in [1.807, 2.05) is 23.1 Å². The summed E-state index contributed by atoms with van der Waals surface area (Å²) in [4.78, 5) is 25.9. The molecule has 1 aromatic heterocycles. The summed E-state index contributed by atoms with van der Waals surface area (Å²) in [5, 5.41) is 13.0. The van der Waals surface area contributed by atoms with Crippen LogP contribution in [0.4, 0.5) is 0 Å². The Bertz CT molecular complexity index is 726. The number of carbonyl (C=O) groups is 2. The van der Waals surface area contributed by atoms with Crippen LogP contribution in [-0.4, -0.2) is 38.2 Å². The summed E-state index contributed by atoms with van der Waals surface area (Å²) >= 11 is 0. The highest BCUT2D eigenvalue weighted by molar-refractivity contribution is 5.85. The number of carboxylic acid groups (broad SMARTS) is 1. The maximum absolute atomic E-state index is 13.0. The molecule has 1 fully saturated rings. The van der Waals surface area contributed by atoms with E-state index in [1.54, 1.807) is 13.1 Å². The van der Waals surface area contributed by atoms with Crippen LogP contribution in [0, 0.1) is 0 Å². The first-order valence-corrected chi connectivity index (χ1v) is 8.22. The molecule has 0 radical (unpaired) electrons. The van der Waals surface area contributed by atoms with E-state index in [1.165, 1.54) is 10.7 Å². The van der Waals surface area contributed by atoms with Crippen molar-refractivity contribution in [3.8, 4) is 0 Å². The quantitative estimate of drug-likeness (QED) is 0.937. The van der Waals surface area contributed by atoms with Crippen molar-refractivity contribution >= 4 is 11.9 Å². The third kappa shape index (κ3) is 3.18. The fourth-order valence-electron chi connectivity index (χ4n) is 3.24. The monoisotopic (exact) mass is 327 g/mol. The fraction of sp³-hybridized carbons (Fsp3) is 0.389. The van der Waals surface area contributed by atoms with Crippen LogP contribution >= 0.6 is 0 Å². The zero-order valence-corrected chi connectivity index (χ0v) is 13.6. The second-order valence-electron chi connectivity index (χ2n) is 6.12. The van der Waals surface area contributed by atoms with Gasteiger partial charge in [0.15, 0.2) is 5.69 Å². The number of aromatic carboxylic acids is 1. The van der Waals surface area contributed by atoms with Crippen molar-refractivity contribution in [2.75, 3.05) is 6.54 Å². The van der Waals surface area contributed by atoms with Crippen LogP contribution in [0.25, 0.3) is 0 Å². The number of benzene rings is 1. The number of likely N-dealkylation sites (tertiary alicyclic amines) is 1. The van der Waals surface area contributed by atoms with E-state index in [4.69, 9.17) is 5.11 Å². The smallest absolute Gasteiger partial charge is 0.356 e. The summed E-state index contributed by atoms with van der Waals surface area (Å²) in [5.41, 5.74) is 1.09. The Morgan fingerprint density at radius 2 is 1.96 bits per heavy atom. The summed E-state index contributed by atoms with van der Waals surface area (Å²) in [5.74, 6) is -1.11. The van der Waals surface area contributed by atoms with Crippen LogP contribution in [-0.2, 0) is 4.79 Å². The Balaban J connectivity index is 1.81. The number of carboxylic acids is 1. The molecule has 2 unspecified atom stereocenters. The minimum Gasteiger partial charge on any atom is -0.476 e. The lowest BCUT2D eigenvalue weighted by atomic mass is 9.94. The number of hydrogen-bond donors (Lipinski definition) is 1. The van der Waals surface area contributed by atoms with Gasteiger partial charge in [0.25, 0.3) is 0 Å². The molecule has 1 amide bonds. The van der Waals surface area contributed by atoms with Gasteiger partial charge in [-0.1, -0.05) is 30.3 Å². The number of amides is 1. The van der Waals surface area contributed by atoms with Gasteiger partial charge in [0.1, 0.15) is 6.04 Å². The van der Waals surface area contributed by atoms with Gasteiger partial charge < -0.3 is 10.0 Å². The topological polar surface area (TPSA) is 75.4 Å². The molecule has 1 N–H and O–H groups in total. The first-order chi connectivity index (χ1) is 11.6. The molecular formula is C18H21N3O3. The van der Waals surface area contributed by atoms with Gasteiger partial charge in [-0.3, -0.25) is 9.48 Å². The molecule has 0 spiro atoms. The maximum Gasteiger partial charge on any atom is 0.356 e. The molecule has 1 saturated heterocycles. The summed E-state index contributed by atoms with van der Waals surface area (Å²) in [6.07, 6.45) is 4.58. The first kappa shape index (κ1) is 16.2. The molecule has 0 saturated carbocycles. The Morgan fingerprint density at radius 3 is 2.62 bits per heavy atom. The van der Waals surface area contributed by atoms with Crippen molar-refractivity contribution in [2.45, 2.75) is 38.3 Å². The van der Waals surface area contributed by atoms with Gasteiger partial charge in [-0.2, -0.15) is 5.10 Å². The number of carbonyl (C=O) groups excluding carboxylic acids is 1. The number of piperidine rings is 1. The number of rotatable bonds is 4. The Labute approximate surface area is 140 Å². The second-order valence-corrected chi connectivity index (χ2v) is 6.12. The fourth-order valence-corrected chi connectivity index (χ4v) is 3.24. The molecule has 6 nitrogen and oxygen atoms in total. The lowest BCUT2D eigenvalue weighted by Crippen LogP contribution is -2.42. The minimum absolute atomic E-state index is 0.0245. The average Bonchev–Trinajstić information content (AvgIpc) is 3.11. The maximum atomic E-state index is 13.0. The van der Waals surface area contributed by atoms with Crippen LogP contribution < -0.4 is 0 Å². The second kappa shape index (κ2) is 6.86. The number of hydrogen-bond acceptors (Lipinski definition) is 3. The summed E-state index contributed by atoms with van der Waals surface area (Å²) in [6.45, 7) is 2.48. The van der Waals surface area contributed by atoms with Crippen LogP contribution in [0.3, 0.4) is 0 Å². The molecule has 3 rings (SSSR count). The van der Waals surface area contributed by atoms with Gasteiger partial charge in [-0.25, -0.2) is 4.79 Å². The van der Waals surface area contributed by atoms with E-state index in [0.717, 1.165) is 31.4 Å². The van der Waals surface area contributed by atoms with Crippen LogP contribution in [0.1, 0.15) is 54.3 Å². The largest absolute Gasteiger partial charge is 0.476 e. The summed E-state index contributed by atoms with van der Waals surface area (Å²) < 4.78 is 1.43. The Kier molecular flexibility index (Phi) is 4.64. The van der Waals surface area contributed by atoms with E-state index in [9.17, 15) is 9.59 Å². The summed E-state index contributed by atoms with van der Waals surface area (Å²) in [7, 11) is 0.